The zero-order chi connectivity index (χ0) is 17.9. The Bertz CT molecular complexity index is 936. The fourth-order valence-corrected chi connectivity index (χ4v) is 4.80. The van der Waals surface area contributed by atoms with Gasteiger partial charge in [-0.25, -0.2) is 0 Å². The van der Waals surface area contributed by atoms with Crippen molar-refractivity contribution in [3.05, 3.63) is 65.9 Å². The van der Waals surface area contributed by atoms with Gasteiger partial charge in [-0.3, -0.25) is 9.78 Å². The van der Waals surface area contributed by atoms with Gasteiger partial charge in [0.05, 0.1) is 5.52 Å². The van der Waals surface area contributed by atoms with Crippen LogP contribution in [0.5, 0.6) is 0 Å². The van der Waals surface area contributed by atoms with Gasteiger partial charge in [0, 0.05) is 40.3 Å². The molecule has 1 unspecified atom stereocenters. The van der Waals surface area contributed by atoms with Crippen LogP contribution in [-0.4, -0.2) is 29.7 Å². The fraction of sp³-hybridized carbons (Fsp3) is 0.200. The number of nitrogens with zero attached hydrogens (tertiary/aromatic N) is 1. The summed E-state index contributed by atoms with van der Waals surface area (Å²) in [4.78, 5) is 18.3. The lowest BCUT2D eigenvalue weighted by Gasteiger charge is -2.14. The minimum absolute atomic E-state index is 0.0542. The molecule has 2 aromatic carbocycles. The molecule has 1 atom stereocenters. The van der Waals surface area contributed by atoms with Crippen molar-refractivity contribution in [1.29, 1.82) is 0 Å². The smallest absolute Gasteiger partial charge is 0.252 e. The Morgan fingerprint density at radius 1 is 1.23 bits per heavy atom. The molecular formula is C20H19N3OS2. The normalized spacial score (nSPS) is 15.5. The number of benzene rings is 2. The van der Waals surface area contributed by atoms with Crippen molar-refractivity contribution in [3.8, 4) is 0 Å². The summed E-state index contributed by atoms with van der Waals surface area (Å²) in [5.74, 6) is -0.0542. The minimum Gasteiger partial charge on any atom is -0.380 e. The zero-order valence-electron chi connectivity index (χ0n) is 14.4. The van der Waals surface area contributed by atoms with Gasteiger partial charge in [0.15, 0.2) is 0 Å². The molecule has 0 saturated carbocycles. The van der Waals surface area contributed by atoms with E-state index in [1.165, 1.54) is 11.3 Å². The maximum atomic E-state index is 12.8. The number of anilines is 1. The third-order valence-electron chi connectivity index (χ3n) is 4.50. The highest BCUT2D eigenvalue weighted by Crippen LogP contribution is 2.34. The van der Waals surface area contributed by atoms with E-state index in [2.05, 4.69) is 33.8 Å². The highest BCUT2D eigenvalue weighted by molar-refractivity contribution is 8.76. The van der Waals surface area contributed by atoms with E-state index in [4.69, 9.17) is 0 Å². The van der Waals surface area contributed by atoms with Crippen LogP contribution < -0.4 is 10.6 Å². The number of fused-ring (bicyclic) bond motifs is 2. The number of hydrogen-bond acceptors (Lipinski definition) is 5. The minimum atomic E-state index is -0.0542. The third kappa shape index (κ3) is 3.39. The molecule has 1 aliphatic rings. The molecule has 1 amide bonds. The summed E-state index contributed by atoms with van der Waals surface area (Å²) >= 11 is 0. The Morgan fingerprint density at radius 2 is 2.12 bits per heavy atom. The maximum Gasteiger partial charge on any atom is 0.252 e. The van der Waals surface area contributed by atoms with E-state index in [-0.39, 0.29) is 11.9 Å². The lowest BCUT2D eigenvalue weighted by Crippen LogP contribution is -2.35. The molecule has 2 heterocycles. The summed E-state index contributed by atoms with van der Waals surface area (Å²) in [6.07, 6.45) is 4.74. The maximum absolute atomic E-state index is 12.8. The lowest BCUT2D eigenvalue weighted by molar-refractivity contribution is 0.0953. The number of carbonyl (C=O) groups is 1. The summed E-state index contributed by atoms with van der Waals surface area (Å²) in [5, 5.41) is 7.44. The van der Waals surface area contributed by atoms with Crippen molar-refractivity contribution >= 4 is 44.1 Å². The molecule has 6 heteroatoms. The van der Waals surface area contributed by atoms with Gasteiger partial charge in [-0.2, -0.15) is 0 Å². The highest BCUT2D eigenvalue weighted by atomic mass is 33.1. The number of carbonyl (C=O) groups excluding carboxylic acids is 1. The molecule has 0 spiro atoms. The molecule has 2 N–H and O–H groups in total. The first-order chi connectivity index (χ1) is 12.8. The number of para-hydroxylation sites is 1. The molecule has 0 radical (unpaired) electrons. The van der Waals surface area contributed by atoms with Gasteiger partial charge < -0.3 is 10.6 Å². The topological polar surface area (TPSA) is 54.0 Å². The van der Waals surface area contributed by atoms with Crippen molar-refractivity contribution in [3.63, 3.8) is 0 Å². The number of pyridine rings is 1. The van der Waals surface area contributed by atoms with Crippen molar-refractivity contribution in [1.82, 2.24) is 10.3 Å². The Labute approximate surface area is 160 Å². The van der Waals surface area contributed by atoms with Crippen molar-refractivity contribution in [2.45, 2.75) is 17.4 Å². The van der Waals surface area contributed by atoms with Gasteiger partial charge in [-0.15, -0.1) is 0 Å². The second-order valence-corrected chi connectivity index (χ2v) is 8.61. The van der Waals surface area contributed by atoms with E-state index in [0.717, 1.165) is 22.2 Å². The van der Waals surface area contributed by atoms with Crippen LogP contribution in [0.15, 0.2) is 59.6 Å². The Balaban J connectivity index is 1.50. The van der Waals surface area contributed by atoms with Crippen LogP contribution in [0.25, 0.3) is 10.9 Å². The van der Waals surface area contributed by atoms with Gasteiger partial charge in [0.1, 0.15) is 0 Å². The fourth-order valence-electron chi connectivity index (χ4n) is 3.31. The van der Waals surface area contributed by atoms with Crippen LogP contribution in [0.3, 0.4) is 0 Å². The first-order valence-electron chi connectivity index (χ1n) is 8.47. The quantitative estimate of drug-likeness (QED) is 0.643. The summed E-state index contributed by atoms with van der Waals surface area (Å²) < 4.78 is 0. The number of aromatic nitrogens is 1. The van der Waals surface area contributed by atoms with E-state index < -0.39 is 0 Å². The first kappa shape index (κ1) is 17.2. The van der Waals surface area contributed by atoms with Crippen molar-refractivity contribution in [2.75, 3.05) is 18.1 Å². The molecule has 4 rings (SSSR count). The van der Waals surface area contributed by atoms with Crippen LogP contribution in [0, 0.1) is 0 Å². The molecule has 0 fully saturated rings. The average Bonchev–Trinajstić information content (AvgIpc) is 3.09. The van der Waals surface area contributed by atoms with E-state index in [1.54, 1.807) is 27.8 Å². The van der Waals surface area contributed by atoms with Crippen LogP contribution >= 0.6 is 21.6 Å². The van der Waals surface area contributed by atoms with E-state index in [1.807, 2.05) is 36.6 Å². The van der Waals surface area contributed by atoms with Gasteiger partial charge in [0.2, 0.25) is 0 Å². The molecule has 1 aromatic heterocycles. The van der Waals surface area contributed by atoms with E-state index >= 15 is 0 Å². The number of hydrogen-bond donors (Lipinski definition) is 2. The second kappa shape index (κ2) is 7.60. The Kier molecular flexibility index (Phi) is 5.04. The molecular weight excluding hydrogens is 362 g/mol. The lowest BCUT2D eigenvalue weighted by atomic mass is 10.1. The summed E-state index contributed by atoms with van der Waals surface area (Å²) in [7, 11) is 3.34. The van der Waals surface area contributed by atoms with Crippen LogP contribution in [0.4, 0.5) is 5.69 Å². The predicted octanol–water partition coefficient (Wildman–Crippen LogP) is 4.37. The van der Waals surface area contributed by atoms with Crippen LogP contribution in [-0.2, 0) is 6.42 Å². The van der Waals surface area contributed by atoms with Crippen molar-refractivity contribution < 1.29 is 4.79 Å². The van der Waals surface area contributed by atoms with Crippen LogP contribution in [0.1, 0.15) is 15.9 Å². The number of nitrogens with one attached hydrogen (secondary N) is 2. The average molecular weight is 382 g/mol. The summed E-state index contributed by atoms with van der Waals surface area (Å²) in [5.41, 5.74) is 4.03. The predicted molar refractivity (Wildman–Crippen MR) is 111 cm³/mol. The van der Waals surface area contributed by atoms with Gasteiger partial charge in [0.25, 0.3) is 5.91 Å². The molecule has 4 nitrogen and oxygen atoms in total. The molecule has 3 aromatic rings. The summed E-state index contributed by atoms with van der Waals surface area (Å²) in [6, 6.07) is 16.2. The molecule has 26 heavy (non-hydrogen) atoms. The largest absolute Gasteiger partial charge is 0.380 e. The number of rotatable bonds is 5. The first-order valence-corrected chi connectivity index (χ1v) is 11.0. The molecule has 0 aliphatic carbocycles. The standard InChI is InChI=1S/C20H19N3OS2/c1-25-26-18-9-8-16(15-6-4-10-21-19(15)18)20(24)22-12-14-11-13-5-2-3-7-17(13)23-14/h2-10,14,23H,11-12H2,1H3,(H,22,24). The summed E-state index contributed by atoms with van der Waals surface area (Å²) in [6.45, 7) is 0.594. The number of amides is 1. The second-order valence-electron chi connectivity index (χ2n) is 6.17. The van der Waals surface area contributed by atoms with E-state index in [9.17, 15) is 4.79 Å². The molecule has 0 bridgehead atoms. The van der Waals surface area contributed by atoms with Crippen LogP contribution in [0.2, 0.25) is 0 Å². The van der Waals surface area contributed by atoms with Gasteiger partial charge in [-0.05, 0) is 42.5 Å². The van der Waals surface area contributed by atoms with Crippen molar-refractivity contribution in [2.24, 2.45) is 0 Å². The van der Waals surface area contributed by atoms with E-state index in [0.29, 0.717) is 12.1 Å². The third-order valence-corrected chi connectivity index (χ3v) is 6.22. The zero-order valence-corrected chi connectivity index (χ0v) is 16.0. The van der Waals surface area contributed by atoms with Gasteiger partial charge in [-0.1, -0.05) is 45.9 Å². The highest BCUT2D eigenvalue weighted by Gasteiger charge is 2.21. The van der Waals surface area contributed by atoms with Gasteiger partial charge >= 0.3 is 0 Å². The molecule has 1 aliphatic heterocycles. The Hall–Kier alpha value is -2.18. The molecule has 0 saturated heterocycles. The Morgan fingerprint density at radius 3 is 2.96 bits per heavy atom. The SMILES string of the molecule is CSSc1ccc(C(=O)NCC2Cc3ccccc3N2)c2cccnc12. The molecule has 132 valence electrons. The monoisotopic (exact) mass is 381 g/mol.